The summed E-state index contributed by atoms with van der Waals surface area (Å²) in [6, 6.07) is 4.17. The standard InChI is InChI=1S/C21H25N9S/c1-13(2)30-14(3)26-17-11-24-20(8-18(17)30)27-19-5-7-23-21(28-19)15-9-25-29(12-15)31-16-4-6-22-10-16/h5,7-9,11-13,16,22H,4,6,10H2,1-3H3,(H,23,24,27,28). The summed E-state index contributed by atoms with van der Waals surface area (Å²) in [7, 11) is 0. The SMILES string of the molecule is Cc1nc2cnc(Nc3ccnc(-c4cnn(SC5CCNC5)c4)n3)cc2n1C(C)C. The zero-order valence-corrected chi connectivity index (χ0v) is 18.6. The molecule has 4 aromatic heterocycles. The topological polar surface area (TPSA) is 98.4 Å². The van der Waals surface area contributed by atoms with Crippen molar-refractivity contribution in [1.82, 2.24) is 39.0 Å². The van der Waals surface area contributed by atoms with Crippen molar-refractivity contribution in [1.29, 1.82) is 0 Å². The molecule has 0 amide bonds. The first-order valence-corrected chi connectivity index (χ1v) is 11.3. The molecule has 1 aliphatic rings. The molecule has 0 bridgehead atoms. The molecule has 1 atom stereocenters. The number of fused-ring (bicyclic) bond motifs is 1. The van der Waals surface area contributed by atoms with E-state index in [0.717, 1.165) is 47.7 Å². The molecular formula is C21H25N9S. The maximum Gasteiger partial charge on any atom is 0.164 e. The van der Waals surface area contributed by atoms with Crippen molar-refractivity contribution in [3.05, 3.63) is 42.7 Å². The van der Waals surface area contributed by atoms with Crippen LogP contribution in [0, 0.1) is 6.92 Å². The van der Waals surface area contributed by atoms with E-state index in [1.54, 1.807) is 24.3 Å². The van der Waals surface area contributed by atoms with Crippen LogP contribution in [-0.2, 0) is 0 Å². The van der Waals surface area contributed by atoms with Gasteiger partial charge in [0.1, 0.15) is 23.0 Å². The minimum atomic E-state index is 0.320. The molecule has 1 fully saturated rings. The summed E-state index contributed by atoms with van der Waals surface area (Å²) in [6.07, 6.45) is 8.49. The van der Waals surface area contributed by atoms with Crippen LogP contribution >= 0.6 is 11.9 Å². The molecule has 4 aromatic rings. The minimum Gasteiger partial charge on any atom is -0.326 e. The highest BCUT2D eigenvalue weighted by atomic mass is 32.2. The molecule has 0 saturated carbocycles. The summed E-state index contributed by atoms with van der Waals surface area (Å²) < 4.78 is 4.11. The Bertz CT molecular complexity index is 1210. The predicted octanol–water partition coefficient (Wildman–Crippen LogP) is 3.58. The smallest absolute Gasteiger partial charge is 0.164 e. The van der Waals surface area contributed by atoms with Crippen molar-refractivity contribution in [3.8, 4) is 11.4 Å². The number of anilines is 2. The van der Waals surface area contributed by atoms with E-state index in [-0.39, 0.29) is 0 Å². The van der Waals surface area contributed by atoms with Gasteiger partial charge >= 0.3 is 0 Å². The van der Waals surface area contributed by atoms with Crippen molar-refractivity contribution in [2.75, 3.05) is 18.4 Å². The highest BCUT2D eigenvalue weighted by molar-refractivity contribution is 7.98. The van der Waals surface area contributed by atoms with Gasteiger partial charge in [0.15, 0.2) is 5.82 Å². The summed E-state index contributed by atoms with van der Waals surface area (Å²) in [6.45, 7) is 8.41. The molecule has 0 aliphatic carbocycles. The first-order valence-electron chi connectivity index (χ1n) is 10.4. The van der Waals surface area contributed by atoms with Gasteiger partial charge in [-0.1, -0.05) is 0 Å². The largest absolute Gasteiger partial charge is 0.326 e. The molecule has 10 heteroatoms. The summed E-state index contributed by atoms with van der Waals surface area (Å²) in [5.74, 6) is 3.02. The van der Waals surface area contributed by atoms with Crippen LogP contribution < -0.4 is 10.6 Å². The third-order valence-corrected chi connectivity index (χ3v) is 6.39. The minimum absolute atomic E-state index is 0.320. The molecule has 5 rings (SSSR count). The van der Waals surface area contributed by atoms with Crippen molar-refractivity contribution >= 4 is 34.6 Å². The van der Waals surface area contributed by atoms with E-state index >= 15 is 0 Å². The number of pyridine rings is 1. The van der Waals surface area contributed by atoms with Crippen LogP contribution in [0.4, 0.5) is 11.6 Å². The summed E-state index contributed by atoms with van der Waals surface area (Å²) in [5.41, 5.74) is 2.83. The van der Waals surface area contributed by atoms with Gasteiger partial charge in [0.2, 0.25) is 0 Å². The van der Waals surface area contributed by atoms with Crippen LogP contribution in [0.15, 0.2) is 36.9 Å². The molecule has 160 valence electrons. The van der Waals surface area contributed by atoms with Gasteiger partial charge in [-0.2, -0.15) is 5.10 Å². The van der Waals surface area contributed by atoms with Gasteiger partial charge in [0.25, 0.3) is 0 Å². The quantitative estimate of drug-likeness (QED) is 0.474. The van der Waals surface area contributed by atoms with E-state index in [4.69, 9.17) is 0 Å². The van der Waals surface area contributed by atoms with Crippen LogP contribution in [0.5, 0.6) is 0 Å². The Morgan fingerprint density at radius 2 is 2.10 bits per heavy atom. The molecule has 5 heterocycles. The fraction of sp³-hybridized carbons (Fsp3) is 0.381. The molecule has 1 unspecified atom stereocenters. The van der Waals surface area contributed by atoms with Crippen molar-refractivity contribution < 1.29 is 0 Å². The van der Waals surface area contributed by atoms with Gasteiger partial charge in [0, 0.05) is 36.3 Å². The lowest BCUT2D eigenvalue weighted by Gasteiger charge is -2.11. The van der Waals surface area contributed by atoms with Crippen LogP contribution in [0.3, 0.4) is 0 Å². The lowest BCUT2D eigenvalue weighted by Crippen LogP contribution is -2.11. The first-order chi connectivity index (χ1) is 15.1. The second-order valence-electron chi connectivity index (χ2n) is 7.92. The van der Waals surface area contributed by atoms with Gasteiger partial charge in [0.05, 0.1) is 23.5 Å². The monoisotopic (exact) mass is 435 g/mol. The number of hydrogen-bond acceptors (Lipinski definition) is 8. The molecular weight excluding hydrogens is 410 g/mol. The Labute approximate surface area is 184 Å². The van der Waals surface area contributed by atoms with Gasteiger partial charge < -0.3 is 15.2 Å². The lowest BCUT2D eigenvalue weighted by atomic mass is 10.3. The highest BCUT2D eigenvalue weighted by Crippen LogP contribution is 2.25. The number of nitrogens with zero attached hydrogens (tertiary/aromatic N) is 7. The molecule has 0 spiro atoms. The Balaban J connectivity index is 1.37. The number of imidazole rings is 1. The number of nitrogens with one attached hydrogen (secondary N) is 2. The highest BCUT2D eigenvalue weighted by Gasteiger charge is 2.17. The maximum absolute atomic E-state index is 4.67. The molecule has 9 nitrogen and oxygen atoms in total. The van der Waals surface area contributed by atoms with Crippen molar-refractivity contribution in [2.45, 2.75) is 38.5 Å². The molecule has 0 aromatic carbocycles. The maximum atomic E-state index is 4.67. The van der Waals surface area contributed by atoms with Gasteiger partial charge in [-0.25, -0.2) is 24.0 Å². The Hall–Kier alpha value is -2.98. The van der Waals surface area contributed by atoms with Crippen molar-refractivity contribution in [2.24, 2.45) is 0 Å². The number of aromatic nitrogens is 7. The average Bonchev–Trinajstić information content (AvgIpc) is 3.48. The van der Waals surface area contributed by atoms with E-state index in [1.165, 1.54) is 0 Å². The predicted molar refractivity (Wildman–Crippen MR) is 123 cm³/mol. The summed E-state index contributed by atoms with van der Waals surface area (Å²) in [5, 5.41) is 11.7. The Kier molecular flexibility index (Phi) is 5.33. The number of hydrogen-bond donors (Lipinski definition) is 2. The summed E-state index contributed by atoms with van der Waals surface area (Å²) in [4.78, 5) is 18.2. The number of rotatable bonds is 6. The normalized spacial score (nSPS) is 16.5. The third kappa shape index (κ3) is 4.13. The van der Waals surface area contributed by atoms with Crippen LogP contribution in [-0.4, -0.2) is 52.0 Å². The second kappa shape index (κ2) is 8.27. The fourth-order valence-corrected chi connectivity index (χ4v) is 4.88. The van der Waals surface area contributed by atoms with Gasteiger partial charge in [-0.05, 0) is 51.8 Å². The molecule has 1 saturated heterocycles. The van der Waals surface area contributed by atoms with E-state index in [1.807, 2.05) is 35.5 Å². The third-order valence-electron chi connectivity index (χ3n) is 5.27. The van der Waals surface area contributed by atoms with Crippen LogP contribution in [0.2, 0.25) is 0 Å². The Morgan fingerprint density at radius 1 is 1.19 bits per heavy atom. The fourth-order valence-electron chi connectivity index (χ4n) is 3.89. The van der Waals surface area contributed by atoms with E-state index in [2.05, 4.69) is 54.1 Å². The first kappa shape index (κ1) is 20.0. The Morgan fingerprint density at radius 3 is 2.90 bits per heavy atom. The second-order valence-corrected chi connectivity index (χ2v) is 9.17. The molecule has 31 heavy (non-hydrogen) atoms. The zero-order chi connectivity index (χ0) is 21.4. The molecule has 1 aliphatic heterocycles. The van der Waals surface area contributed by atoms with E-state index in [9.17, 15) is 0 Å². The van der Waals surface area contributed by atoms with Gasteiger partial charge in [-0.15, -0.1) is 0 Å². The zero-order valence-electron chi connectivity index (χ0n) is 17.8. The molecule has 0 radical (unpaired) electrons. The molecule has 2 N–H and O–H groups in total. The van der Waals surface area contributed by atoms with E-state index in [0.29, 0.717) is 22.9 Å². The summed E-state index contributed by atoms with van der Waals surface area (Å²) >= 11 is 1.73. The van der Waals surface area contributed by atoms with Crippen LogP contribution in [0.1, 0.15) is 32.1 Å². The lowest BCUT2D eigenvalue weighted by molar-refractivity contribution is 0.600. The van der Waals surface area contributed by atoms with Crippen LogP contribution in [0.25, 0.3) is 22.4 Å². The number of aryl methyl sites for hydroxylation is 1. The average molecular weight is 436 g/mol. The van der Waals surface area contributed by atoms with Crippen molar-refractivity contribution in [3.63, 3.8) is 0 Å². The van der Waals surface area contributed by atoms with Gasteiger partial charge in [-0.3, -0.25) is 0 Å². The van der Waals surface area contributed by atoms with E-state index < -0.39 is 0 Å².